The van der Waals surface area contributed by atoms with Gasteiger partial charge in [-0.3, -0.25) is 4.98 Å². The molecule has 0 bridgehead atoms. The fourth-order valence-corrected chi connectivity index (χ4v) is 2.04. The zero-order valence-corrected chi connectivity index (χ0v) is 8.66. The van der Waals surface area contributed by atoms with Crippen LogP contribution in [0.1, 0.15) is 22.3 Å². The van der Waals surface area contributed by atoms with Crippen molar-refractivity contribution in [3.8, 4) is 0 Å². The van der Waals surface area contributed by atoms with E-state index in [1.807, 2.05) is 24.4 Å². The van der Waals surface area contributed by atoms with Gasteiger partial charge >= 0.3 is 0 Å². The summed E-state index contributed by atoms with van der Waals surface area (Å²) in [5.41, 5.74) is 8.06. The van der Waals surface area contributed by atoms with Crippen LogP contribution in [-0.4, -0.2) is 9.97 Å². The lowest BCUT2D eigenvalue weighted by molar-refractivity contribution is 0.845. The van der Waals surface area contributed by atoms with Gasteiger partial charge in [-0.1, -0.05) is 6.07 Å². The van der Waals surface area contributed by atoms with E-state index < -0.39 is 0 Å². The van der Waals surface area contributed by atoms with Crippen molar-refractivity contribution in [2.24, 2.45) is 5.73 Å². The van der Waals surface area contributed by atoms with Gasteiger partial charge in [0.1, 0.15) is 5.01 Å². The number of thiazole rings is 1. The summed E-state index contributed by atoms with van der Waals surface area (Å²) in [7, 11) is 0. The van der Waals surface area contributed by atoms with Crippen molar-refractivity contribution in [2.45, 2.75) is 13.0 Å². The minimum absolute atomic E-state index is 0.151. The molecule has 0 aliphatic rings. The molecule has 0 fully saturated rings. The first-order chi connectivity index (χ1) is 6.77. The van der Waals surface area contributed by atoms with Crippen LogP contribution in [0.25, 0.3) is 0 Å². The summed E-state index contributed by atoms with van der Waals surface area (Å²) in [4.78, 5) is 8.39. The summed E-state index contributed by atoms with van der Waals surface area (Å²) in [5, 5.41) is 2.95. The van der Waals surface area contributed by atoms with Crippen molar-refractivity contribution in [2.75, 3.05) is 0 Å². The van der Waals surface area contributed by atoms with Crippen LogP contribution < -0.4 is 5.73 Å². The number of aryl methyl sites for hydroxylation is 1. The standard InChI is InChI=1S/C10H11N3S/c1-7-6-14-10(13-7)9(11)8-3-2-4-12-5-8/h2-6,9H,11H2,1H3. The molecular formula is C10H11N3S. The number of nitrogens with two attached hydrogens (primary N) is 1. The molecule has 4 heteroatoms. The molecule has 2 heterocycles. The highest BCUT2D eigenvalue weighted by atomic mass is 32.1. The average molecular weight is 205 g/mol. The van der Waals surface area contributed by atoms with Crippen LogP contribution in [0.5, 0.6) is 0 Å². The van der Waals surface area contributed by atoms with Gasteiger partial charge in [0.2, 0.25) is 0 Å². The maximum absolute atomic E-state index is 6.04. The highest BCUT2D eigenvalue weighted by molar-refractivity contribution is 7.09. The zero-order valence-electron chi connectivity index (χ0n) is 7.84. The zero-order chi connectivity index (χ0) is 9.97. The predicted octanol–water partition coefficient (Wildman–Crippen LogP) is 1.89. The lowest BCUT2D eigenvalue weighted by Gasteiger charge is -2.07. The van der Waals surface area contributed by atoms with E-state index in [0.717, 1.165) is 16.3 Å². The second-order valence-electron chi connectivity index (χ2n) is 3.09. The molecule has 0 aliphatic carbocycles. The minimum atomic E-state index is -0.151. The molecule has 2 N–H and O–H groups in total. The van der Waals surface area contributed by atoms with E-state index >= 15 is 0 Å². The Labute approximate surface area is 86.6 Å². The van der Waals surface area contributed by atoms with Crippen molar-refractivity contribution in [1.29, 1.82) is 0 Å². The quantitative estimate of drug-likeness (QED) is 0.814. The van der Waals surface area contributed by atoms with Crippen LogP contribution in [0.3, 0.4) is 0 Å². The lowest BCUT2D eigenvalue weighted by Crippen LogP contribution is -2.11. The average Bonchev–Trinajstić information content (AvgIpc) is 2.65. The van der Waals surface area contributed by atoms with Crippen LogP contribution in [0, 0.1) is 6.92 Å². The van der Waals surface area contributed by atoms with E-state index in [2.05, 4.69) is 9.97 Å². The van der Waals surface area contributed by atoms with Gasteiger partial charge in [-0.15, -0.1) is 11.3 Å². The van der Waals surface area contributed by atoms with Crippen molar-refractivity contribution < 1.29 is 0 Å². The molecule has 2 aromatic rings. The Kier molecular flexibility index (Phi) is 2.56. The molecule has 3 nitrogen and oxygen atoms in total. The third-order valence-electron chi connectivity index (χ3n) is 1.95. The summed E-state index contributed by atoms with van der Waals surface area (Å²) in [5.74, 6) is 0. The van der Waals surface area contributed by atoms with Gasteiger partial charge in [-0.25, -0.2) is 4.98 Å². The molecule has 0 aromatic carbocycles. The second-order valence-corrected chi connectivity index (χ2v) is 3.98. The first-order valence-corrected chi connectivity index (χ1v) is 5.23. The smallest absolute Gasteiger partial charge is 0.114 e. The minimum Gasteiger partial charge on any atom is -0.318 e. The van der Waals surface area contributed by atoms with E-state index in [1.54, 1.807) is 23.7 Å². The first-order valence-electron chi connectivity index (χ1n) is 4.35. The molecule has 72 valence electrons. The largest absolute Gasteiger partial charge is 0.318 e. The second kappa shape index (κ2) is 3.86. The molecule has 0 saturated heterocycles. The number of nitrogens with zero attached hydrogens (tertiary/aromatic N) is 2. The monoisotopic (exact) mass is 205 g/mol. The number of hydrogen-bond donors (Lipinski definition) is 1. The molecule has 2 aromatic heterocycles. The van der Waals surface area contributed by atoms with Crippen LogP contribution in [0.2, 0.25) is 0 Å². The molecule has 0 amide bonds. The molecule has 2 rings (SSSR count). The lowest BCUT2D eigenvalue weighted by atomic mass is 10.1. The highest BCUT2D eigenvalue weighted by Gasteiger charge is 2.11. The van der Waals surface area contributed by atoms with E-state index in [9.17, 15) is 0 Å². The van der Waals surface area contributed by atoms with Crippen LogP contribution in [0.15, 0.2) is 29.9 Å². The van der Waals surface area contributed by atoms with Crippen molar-refractivity contribution in [3.63, 3.8) is 0 Å². The van der Waals surface area contributed by atoms with Gasteiger partial charge in [-0.2, -0.15) is 0 Å². The van der Waals surface area contributed by atoms with Gasteiger partial charge in [0.15, 0.2) is 0 Å². The number of pyridine rings is 1. The van der Waals surface area contributed by atoms with E-state index in [1.165, 1.54) is 0 Å². The number of aromatic nitrogens is 2. The first kappa shape index (κ1) is 9.30. The third-order valence-corrected chi connectivity index (χ3v) is 2.99. The molecule has 0 saturated carbocycles. The fraction of sp³-hybridized carbons (Fsp3) is 0.200. The maximum Gasteiger partial charge on any atom is 0.114 e. The molecule has 0 spiro atoms. The van der Waals surface area contributed by atoms with Crippen LogP contribution in [0.4, 0.5) is 0 Å². The Morgan fingerprint density at radius 1 is 1.50 bits per heavy atom. The summed E-state index contributed by atoms with van der Waals surface area (Å²) in [6.45, 7) is 1.97. The van der Waals surface area contributed by atoms with Crippen molar-refractivity contribution >= 4 is 11.3 Å². The Balaban J connectivity index is 2.29. The molecule has 1 unspecified atom stereocenters. The third kappa shape index (κ3) is 1.81. The van der Waals surface area contributed by atoms with Crippen LogP contribution in [-0.2, 0) is 0 Å². The summed E-state index contributed by atoms with van der Waals surface area (Å²) in [6, 6.07) is 3.70. The normalized spacial score (nSPS) is 12.7. The fourth-order valence-electron chi connectivity index (χ4n) is 1.22. The summed E-state index contributed by atoms with van der Waals surface area (Å²) >= 11 is 1.59. The van der Waals surface area contributed by atoms with E-state index in [-0.39, 0.29) is 6.04 Å². The van der Waals surface area contributed by atoms with Gasteiger partial charge in [0.05, 0.1) is 6.04 Å². The van der Waals surface area contributed by atoms with Gasteiger partial charge in [0, 0.05) is 23.5 Å². The Bertz CT molecular complexity index is 410. The Morgan fingerprint density at radius 3 is 2.93 bits per heavy atom. The Morgan fingerprint density at radius 2 is 2.36 bits per heavy atom. The van der Waals surface area contributed by atoms with E-state index in [0.29, 0.717) is 0 Å². The summed E-state index contributed by atoms with van der Waals surface area (Å²) in [6.07, 6.45) is 3.52. The number of hydrogen-bond acceptors (Lipinski definition) is 4. The SMILES string of the molecule is Cc1csc(C(N)c2cccnc2)n1. The van der Waals surface area contributed by atoms with Crippen molar-refractivity contribution in [1.82, 2.24) is 9.97 Å². The molecule has 0 radical (unpaired) electrons. The predicted molar refractivity (Wildman–Crippen MR) is 57.1 cm³/mol. The molecule has 14 heavy (non-hydrogen) atoms. The van der Waals surface area contributed by atoms with Crippen molar-refractivity contribution in [3.05, 3.63) is 46.2 Å². The maximum atomic E-state index is 6.04. The van der Waals surface area contributed by atoms with E-state index in [4.69, 9.17) is 5.73 Å². The topological polar surface area (TPSA) is 51.8 Å². The summed E-state index contributed by atoms with van der Waals surface area (Å²) < 4.78 is 0. The van der Waals surface area contributed by atoms with Gasteiger partial charge < -0.3 is 5.73 Å². The number of rotatable bonds is 2. The highest BCUT2D eigenvalue weighted by Crippen LogP contribution is 2.21. The molecule has 0 aliphatic heterocycles. The Hall–Kier alpha value is -1.26. The van der Waals surface area contributed by atoms with Gasteiger partial charge in [0.25, 0.3) is 0 Å². The van der Waals surface area contributed by atoms with Gasteiger partial charge in [-0.05, 0) is 18.6 Å². The molecular weight excluding hydrogens is 194 g/mol. The molecule has 1 atom stereocenters. The van der Waals surface area contributed by atoms with Crippen LogP contribution >= 0.6 is 11.3 Å².